The van der Waals surface area contributed by atoms with Crippen LogP contribution in [0.3, 0.4) is 0 Å². The normalized spacial score (nSPS) is 29.1. The quantitative estimate of drug-likeness (QED) is 0.336. The number of thioether (sulfide) groups is 1. The van der Waals surface area contributed by atoms with Gasteiger partial charge in [-0.15, -0.1) is 16.9 Å². The number of nitrogens with zero attached hydrogens (tertiary/aromatic N) is 4. The highest BCUT2D eigenvalue weighted by molar-refractivity contribution is 8.01. The van der Waals surface area contributed by atoms with Gasteiger partial charge in [0.25, 0.3) is 0 Å². The standard InChI is InChI=1S/C27H35F3N4O6S/c1-33(15-6-5-7-15)25(38)24(27(39)8-3-2-4-9-27)41-26-23(37)21(22(36)19(13-35)40-26)34-12-18(31-32-34)14-10-16(28)20(30)17(29)11-14/h10-12,15,19,21-24,26,35-37,39H,2-9,13H2,1H3/t19-,21+,22+,23-,24-,26+/m1/s1. The lowest BCUT2D eigenvalue weighted by atomic mass is 9.81. The van der Waals surface area contributed by atoms with Gasteiger partial charge in [0.05, 0.1) is 18.4 Å². The van der Waals surface area contributed by atoms with Gasteiger partial charge in [-0.3, -0.25) is 4.79 Å². The van der Waals surface area contributed by atoms with E-state index in [0.717, 1.165) is 67.1 Å². The maximum Gasteiger partial charge on any atom is 0.238 e. The van der Waals surface area contributed by atoms with Gasteiger partial charge in [-0.25, -0.2) is 17.9 Å². The first kappa shape index (κ1) is 30.2. The number of hydrogen-bond acceptors (Lipinski definition) is 9. The SMILES string of the molecule is CN(C(=O)[C@@H](S[C@@H]1O[C@H](CO)[C@H](O)[C@H](n2cc(-c3cc(F)c(F)c(F)c3)nn2)[C@H]1O)C1(O)CCCCC1)C1CCC1. The van der Waals surface area contributed by atoms with Crippen molar-refractivity contribution in [1.82, 2.24) is 19.9 Å². The number of carbonyl (C=O) groups excluding carboxylic acids is 1. The van der Waals surface area contributed by atoms with Crippen molar-refractivity contribution in [1.29, 1.82) is 0 Å². The zero-order valence-electron chi connectivity index (χ0n) is 22.6. The number of amides is 1. The van der Waals surface area contributed by atoms with Gasteiger partial charge in [-0.1, -0.05) is 24.5 Å². The van der Waals surface area contributed by atoms with Gasteiger partial charge < -0.3 is 30.1 Å². The Labute approximate surface area is 239 Å². The van der Waals surface area contributed by atoms with E-state index >= 15 is 0 Å². The zero-order valence-corrected chi connectivity index (χ0v) is 23.4. The number of carbonyl (C=O) groups is 1. The van der Waals surface area contributed by atoms with Crippen LogP contribution >= 0.6 is 11.8 Å². The van der Waals surface area contributed by atoms with Gasteiger partial charge >= 0.3 is 0 Å². The third-order valence-electron chi connectivity index (χ3n) is 8.62. The minimum absolute atomic E-state index is 0.0508. The second-order valence-corrected chi connectivity index (χ2v) is 12.5. The zero-order chi connectivity index (χ0) is 29.5. The molecule has 226 valence electrons. The Morgan fingerprint density at radius 1 is 1.15 bits per heavy atom. The molecule has 4 N–H and O–H groups in total. The predicted molar refractivity (Wildman–Crippen MR) is 142 cm³/mol. The highest BCUT2D eigenvalue weighted by atomic mass is 32.2. The molecule has 2 saturated carbocycles. The van der Waals surface area contributed by atoms with Crippen LogP contribution < -0.4 is 0 Å². The molecule has 1 aromatic heterocycles. The minimum Gasteiger partial charge on any atom is -0.394 e. The fraction of sp³-hybridized carbons (Fsp3) is 0.667. The third kappa shape index (κ3) is 5.87. The molecule has 1 saturated heterocycles. The number of benzene rings is 1. The molecule has 1 aromatic carbocycles. The molecule has 2 aromatic rings. The van der Waals surface area contributed by atoms with Gasteiger partial charge in [-0.05, 0) is 44.2 Å². The van der Waals surface area contributed by atoms with Crippen LogP contribution in [0, 0.1) is 17.5 Å². The Balaban J connectivity index is 1.43. The van der Waals surface area contributed by atoms with Gasteiger partial charge in [0, 0.05) is 18.7 Å². The van der Waals surface area contributed by atoms with E-state index in [2.05, 4.69) is 10.3 Å². The van der Waals surface area contributed by atoms with E-state index in [-0.39, 0.29) is 23.2 Å². The van der Waals surface area contributed by atoms with Crippen LogP contribution in [0.2, 0.25) is 0 Å². The molecule has 2 heterocycles. The maximum atomic E-state index is 13.8. The molecule has 0 bridgehead atoms. The fourth-order valence-electron chi connectivity index (χ4n) is 5.86. The summed E-state index contributed by atoms with van der Waals surface area (Å²) in [5.41, 5.74) is -2.66. The lowest BCUT2D eigenvalue weighted by molar-refractivity contribution is -0.179. The van der Waals surface area contributed by atoms with Crippen LogP contribution in [0.4, 0.5) is 13.2 Å². The van der Waals surface area contributed by atoms with Gasteiger partial charge in [0.15, 0.2) is 17.5 Å². The summed E-state index contributed by atoms with van der Waals surface area (Å²) in [4.78, 5) is 15.4. The van der Waals surface area contributed by atoms with E-state index in [9.17, 15) is 38.4 Å². The largest absolute Gasteiger partial charge is 0.394 e. The molecule has 2 aliphatic carbocycles. The van der Waals surface area contributed by atoms with Crippen molar-refractivity contribution < 1.29 is 43.1 Å². The lowest BCUT2D eigenvalue weighted by Crippen LogP contribution is -2.58. The summed E-state index contributed by atoms with van der Waals surface area (Å²) in [6.45, 7) is -0.623. The Morgan fingerprint density at radius 2 is 1.80 bits per heavy atom. The number of halogens is 3. The van der Waals surface area contributed by atoms with Gasteiger partial charge in [0.1, 0.15) is 40.7 Å². The summed E-state index contributed by atoms with van der Waals surface area (Å²) >= 11 is 0.958. The van der Waals surface area contributed by atoms with Crippen molar-refractivity contribution in [3.63, 3.8) is 0 Å². The molecule has 0 radical (unpaired) electrons. The molecule has 1 aliphatic heterocycles. The summed E-state index contributed by atoms with van der Waals surface area (Å²) in [5.74, 6) is -4.73. The van der Waals surface area contributed by atoms with Crippen molar-refractivity contribution in [3.05, 3.63) is 35.8 Å². The smallest absolute Gasteiger partial charge is 0.238 e. The molecule has 0 spiro atoms. The molecule has 41 heavy (non-hydrogen) atoms. The molecule has 3 aliphatic rings. The molecule has 5 rings (SSSR count). The number of aliphatic hydroxyl groups excluding tert-OH is 3. The van der Waals surface area contributed by atoms with Crippen LogP contribution in [0.15, 0.2) is 18.3 Å². The summed E-state index contributed by atoms with van der Waals surface area (Å²) in [6, 6.07) is 0.331. The Hall–Kier alpha value is -2.23. The Morgan fingerprint density at radius 3 is 2.39 bits per heavy atom. The first-order valence-electron chi connectivity index (χ1n) is 13.9. The molecule has 3 fully saturated rings. The molecular formula is C27H35F3N4O6S. The second kappa shape index (κ2) is 12.2. The molecule has 1 amide bonds. The molecule has 0 unspecified atom stereocenters. The topological polar surface area (TPSA) is 141 Å². The van der Waals surface area contributed by atoms with Crippen LogP contribution in [0.1, 0.15) is 57.4 Å². The van der Waals surface area contributed by atoms with Gasteiger partial charge in [-0.2, -0.15) is 0 Å². The average Bonchev–Trinajstić information content (AvgIpc) is 3.40. The van der Waals surface area contributed by atoms with Crippen LogP contribution in [0.5, 0.6) is 0 Å². The number of ether oxygens (including phenoxy) is 1. The van der Waals surface area contributed by atoms with E-state index < -0.39 is 64.7 Å². The van der Waals surface area contributed by atoms with Crippen molar-refractivity contribution >= 4 is 17.7 Å². The van der Waals surface area contributed by atoms with Crippen LogP contribution in [-0.4, -0.2) is 101 Å². The van der Waals surface area contributed by atoms with E-state index in [1.165, 1.54) is 6.20 Å². The minimum atomic E-state index is -1.63. The van der Waals surface area contributed by atoms with Crippen molar-refractivity contribution in [2.45, 2.75) is 98.0 Å². The van der Waals surface area contributed by atoms with Crippen LogP contribution in [0.25, 0.3) is 11.3 Å². The van der Waals surface area contributed by atoms with E-state index in [1.54, 1.807) is 11.9 Å². The number of rotatable bonds is 8. The Bertz CT molecular complexity index is 1220. The number of hydrogen-bond donors (Lipinski definition) is 4. The first-order valence-corrected chi connectivity index (χ1v) is 14.8. The second-order valence-electron chi connectivity index (χ2n) is 11.2. The average molecular weight is 601 g/mol. The summed E-state index contributed by atoms with van der Waals surface area (Å²) in [7, 11) is 1.71. The molecule has 6 atom stereocenters. The summed E-state index contributed by atoms with van der Waals surface area (Å²) in [6.07, 6.45) is 3.07. The van der Waals surface area contributed by atoms with Crippen molar-refractivity contribution in [2.75, 3.05) is 13.7 Å². The fourth-order valence-corrected chi connectivity index (χ4v) is 7.43. The predicted octanol–water partition coefficient (Wildman–Crippen LogP) is 2.15. The van der Waals surface area contributed by atoms with E-state index in [4.69, 9.17) is 4.74 Å². The third-order valence-corrected chi connectivity index (χ3v) is 10.2. The molecule has 14 heteroatoms. The van der Waals surface area contributed by atoms with E-state index in [0.29, 0.717) is 12.8 Å². The maximum absolute atomic E-state index is 13.8. The van der Waals surface area contributed by atoms with Crippen molar-refractivity contribution in [2.24, 2.45) is 0 Å². The number of aliphatic hydroxyl groups is 4. The van der Waals surface area contributed by atoms with Gasteiger partial charge in [0.2, 0.25) is 5.91 Å². The first-order chi connectivity index (χ1) is 19.5. The van der Waals surface area contributed by atoms with Crippen LogP contribution in [-0.2, 0) is 9.53 Å². The van der Waals surface area contributed by atoms with Crippen molar-refractivity contribution in [3.8, 4) is 11.3 Å². The number of aromatic nitrogens is 3. The highest BCUT2D eigenvalue weighted by Crippen LogP contribution is 2.44. The monoisotopic (exact) mass is 600 g/mol. The lowest BCUT2D eigenvalue weighted by Gasteiger charge is -2.46. The van der Waals surface area contributed by atoms with E-state index in [1.807, 2.05) is 0 Å². The summed E-state index contributed by atoms with van der Waals surface area (Å²) < 4.78 is 48.0. The Kier molecular flexibility index (Phi) is 8.98. The highest BCUT2D eigenvalue weighted by Gasteiger charge is 2.52. The molecule has 10 nitrogen and oxygen atoms in total. The molecular weight excluding hydrogens is 565 g/mol. The summed E-state index contributed by atoms with van der Waals surface area (Å²) in [5, 5.41) is 50.9.